The molecule has 2 saturated heterocycles. The summed E-state index contributed by atoms with van der Waals surface area (Å²) >= 11 is 0. The van der Waals surface area contributed by atoms with Crippen LogP contribution < -0.4 is 70.8 Å². The van der Waals surface area contributed by atoms with Gasteiger partial charge in [-0.3, -0.25) is 62.3 Å². The zero-order valence-electron chi connectivity index (χ0n) is 57.4. The number of carboxylic acid groups (broad SMARTS) is 1. The van der Waals surface area contributed by atoms with E-state index in [-0.39, 0.29) is 83.3 Å². The number of primary amides is 2. The first-order valence-electron chi connectivity index (χ1n) is 33.9. The zero-order chi connectivity index (χ0) is 74.1. The number of para-hydroxylation sites is 1. The number of unbranched alkanes of at least 4 members (excludes halogenated alkanes) is 1. The Balaban J connectivity index is 1.34. The van der Waals surface area contributed by atoms with Crippen LogP contribution in [0.15, 0.2) is 60.8 Å². The predicted octanol–water partition coefficient (Wildman–Crippen LogP) is -3.53. The number of aliphatic hydroxyl groups excluding tert-OH is 2. The summed E-state index contributed by atoms with van der Waals surface area (Å²) in [5, 5.41) is 55.2. The maximum absolute atomic E-state index is 14.9. The van der Waals surface area contributed by atoms with Gasteiger partial charge in [-0.05, 0) is 107 Å². The molecule has 550 valence electrons. The predicted molar refractivity (Wildman–Crippen MR) is 363 cm³/mol. The fraction of sp³-hybridized carbons (Fsp3) is 0.582. The monoisotopic (exact) mass is 1400 g/mol. The van der Waals surface area contributed by atoms with Crippen LogP contribution >= 0.6 is 0 Å². The summed E-state index contributed by atoms with van der Waals surface area (Å²) in [5.74, 6) is -13.5. The van der Waals surface area contributed by atoms with Gasteiger partial charge in [-0.2, -0.15) is 0 Å². The van der Waals surface area contributed by atoms with Crippen molar-refractivity contribution in [2.45, 2.75) is 210 Å². The Morgan fingerprint density at radius 1 is 0.580 bits per heavy atom. The van der Waals surface area contributed by atoms with E-state index in [1.54, 1.807) is 88.5 Å². The Labute approximate surface area is 579 Å². The highest BCUT2D eigenvalue weighted by molar-refractivity contribution is 6.00. The molecule has 3 heterocycles. The van der Waals surface area contributed by atoms with E-state index in [4.69, 9.17) is 22.9 Å². The summed E-state index contributed by atoms with van der Waals surface area (Å²) < 4.78 is 0. The number of hydrogen-bond donors (Lipinski definition) is 17. The molecule has 13 amide bonds. The largest absolute Gasteiger partial charge is 0.480 e. The lowest BCUT2D eigenvalue weighted by Crippen LogP contribution is -2.63. The van der Waals surface area contributed by atoms with Gasteiger partial charge in [0.25, 0.3) is 0 Å². The number of benzene rings is 2. The molecule has 0 aliphatic carbocycles. The van der Waals surface area contributed by atoms with Crippen LogP contribution in [0.3, 0.4) is 0 Å². The van der Waals surface area contributed by atoms with Crippen molar-refractivity contribution in [1.82, 2.24) is 62.6 Å². The van der Waals surface area contributed by atoms with E-state index in [9.17, 15) is 82.4 Å². The van der Waals surface area contributed by atoms with Crippen LogP contribution in [-0.4, -0.2) is 218 Å². The molecule has 2 aliphatic heterocycles. The molecule has 2 aliphatic rings. The van der Waals surface area contributed by atoms with Crippen LogP contribution in [-0.2, 0) is 80.0 Å². The zero-order valence-corrected chi connectivity index (χ0v) is 57.4. The number of aliphatic carboxylic acids is 1. The van der Waals surface area contributed by atoms with Crippen molar-refractivity contribution in [2.24, 2.45) is 34.8 Å². The number of carbonyl (C=O) groups is 14. The smallest absolute Gasteiger partial charge is 0.326 e. The number of fused-ring (bicyclic) bond motifs is 1. The summed E-state index contributed by atoms with van der Waals surface area (Å²) in [7, 11) is 0. The Morgan fingerprint density at radius 2 is 1.12 bits per heavy atom. The van der Waals surface area contributed by atoms with Gasteiger partial charge < -0.3 is 101 Å². The van der Waals surface area contributed by atoms with Gasteiger partial charge in [-0.15, -0.1) is 0 Å². The van der Waals surface area contributed by atoms with Crippen LogP contribution in [0.1, 0.15) is 130 Å². The fourth-order valence-corrected chi connectivity index (χ4v) is 11.9. The van der Waals surface area contributed by atoms with Crippen LogP contribution in [0.25, 0.3) is 10.9 Å². The maximum Gasteiger partial charge on any atom is 0.326 e. The molecule has 5 rings (SSSR count). The number of carboxylic acids is 1. The van der Waals surface area contributed by atoms with Crippen molar-refractivity contribution in [3.05, 3.63) is 71.9 Å². The number of nitrogens with two attached hydrogens (primary N) is 4. The average molecular weight is 1400 g/mol. The number of nitrogens with zero attached hydrogens (tertiary/aromatic N) is 2. The summed E-state index contributed by atoms with van der Waals surface area (Å²) in [6.45, 7) is 8.75. The Morgan fingerprint density at radius 3 is 1.70 bits per heavy atom. The van der Waals surface area contributed by atoms with Gasteiger partial charge in [-0.1, -0.05) is 82.6 Å². The lowest BCUT2D eigenvalue weighted by atomic mass is 9.96. The lowest BCUT2D eigenvalue weighted by molar-refractivity contribution is -0.144. The van der Waals surface area contributed by atoms with Gasteiger partial charge in [0.05, 0.1) is 25.2 Å². The maximum atomic E-state index is 14.9. The topological polar surface area (TPSA) is 534 Å². The van der Waals surface area contributed by atoms with Crippen molar-refractivity contribution in [2.75, 3.05) is 26.2 Å². The van der Waals surface area contributed by atoms with Crippen LogP contribution in [0.5, 0.6) is 0 Å². The number of nitrogens with one attached hydrogen (secondary N) is 10. The Kier molecular flexibility index (Phi) is 31.8. The number of rotatable bonds is 40. The number of aromatic amines is 1. The highest BCUT2D eigenvalue weighted by Gasteiger charge is 2.43. The van der Waals surface area contributed by atoms with Gasteiger partial charge in [0.1, 0.15) is 66.5 Å². The quantitative estimate of drug-likeness (QED) is 0.0245. The molecule has 33 nitrogen and oxygen atoms in total. The molecule has 0 unspecified atom stereocenters. The second kappa shape index (κ2) is 39.3. The first kappa shape index (κ1) is 81.1. The molecular weight excluding hydrogens is 1300 g/mol. The van der Waals surface area contributed by atoms with Crippen molar-refractivity contribution < 1.29 is 82.4 Å². The molecule has 3 aromatic rings. The minimum absolute atomic E-state index is 0.0109. The number of hydrogen-bond acceptors (Lipinski definition) is 18. The third-order valence-electron chi connectivity index (χ3n) is 17.7. The second-order valence-electron chi connectivity index (χ2n) is 26.0. The standard InChI is InChI=1S/C67H100N16O17/c1-7-36(4)54(63(95)75-45(67(99)100)24-25-52(70)86)80-64(96)55(38(6)85)81-59(91)47(31-40-33-72-43-20-12-11-19-41(40)43)77-60(92)49(34-84)79-58(90)46(29-35(2)3)76-57(89)44(21-13-14-26-68)74-61(93)51-23-16-28-83(51)66(98)48(30-39-17-9-8-10-18-39)78-62(94)50-22-15-27-82(50)65(97)37(5)73-56(88)42(69)32-53(71)87/h8-12,17-20,33,35-38,42,44-51,54-55,72,84-85H,7,13-16,21-32,34,68-69H2,1-6H3,(H2,70,86)(H2,71,87)(H,73,88)(H,74,93)(H,75,95)(H,76,89)(H,77,92)(H,78,94)(H,79,90)(H,80,96)(H,81,91)(H,99,100)/t36-,37-,38+,42-,44-,45-,46-,47-,48-,49-,50-,51-,54-,55-/m0/s1. The molecule has 2 fully saturated rings. The molecule has 0 saturated carbocycles. The van der Waals surface area contributed by atoms with Gasteiger partial charge >= 0.3 is 5.97 Å². The lowest BCUT2D eigenvalue weighted by Gasteiger charge is -2.32. The van der Waals surface area contributed by atoms with Crippen molar-refractivity contribution in [3.63, 3.8) is 0 Å². The molecule has 21 N–H and O–H groups in total. The van der Waals surface area contributed by atoms with Crippen LogP contribution in [0, 0.1) is 11.8 Å². The number of aromatic nitrogens is 1. The van der Waals surface area contributed by atoms with Crippen LogP contribution in [0.4, 0.5) is 0 Å². The molecule has 1 aromatic heterocycles. The van der Waals surface area contributed by atoms with Gasteiger partial charge in [0.15, 0.2) is 0 Å². The Bertz CT molecular complexity index is 3370. The molecule has 2 aromatic carbocycles. The summed E-state index contributed by atoms with van der Waals surface area (Å²) in [5.41, 5.74) is 23.8. The molecule has 0 radical (unpaired) electrons. The molecule has 14 atom stereocenters. The van der Waals surface area contributed by atoms with Crippen molar-refractivity contribution >= 4 is 93.7 Å². The first-order chi connectivity index (χ1) is 47.4. The van der Waals surface area contributed by atoms with Gasteiger partial charge in [0, 0.05) is 49.5 Å². The summed E-state index contributed by atoms with van der Waals surface area (Å²) in [4.78, 5) is 196. The van der Waals surface area contributed by atoms with E-state index in [2.05, 4.69) is 52.8 Å². The minimum Gasteiger partial charge on any atom is -0.480 e. The number of likely N-dealkylation sites (tertiary alicyclic amines) is 2. The number of carbonyl (C=O) groups excluding carboxylic acids is 13. The highest BCUT2D eigenvalue weighted by Crippen LogP contribution is 2.24. The van der Waals surface area contributed by atoms with Gasteiger partial charge in [-0.25, -0.2) is 4.79 Å². The Hall–Kier alpha value is -9.60. The molecule has 100 heavy (non-hydrogen) atoms. The van der Waals surface area contributed by atoms with Crippen molar-refractivity contribution in [1.29, 1.82) is 0 Å². The fourth-order valence-electron chi connectivity index (χ4n) is 11.9. The van der Waals surface area contributed by atoms with E-state index >= 15 is 0 Å². The molecule has 0 spiro atoms. The number of H-pyrrole nitrogens is 1. The molecular formula is C67H100N16O17. The second-order valence-corrected chi connectivity index (χ2v) is 26.0. The van der Waals surface area contributed by atoms with E-state index in [1.807, 2.05) is 0 Å². The number of aliphatic hydroxyl groups is 2. The van der Waals surface area contributed by atoms with Crippen LogP contribution in [0.2, 0.25) is 0 Å². The SMILES string of the molecule is CC[C@H](C)[C@H](NC(=O)[C@@H](NC(=O)[C@H](Cc1c[nH]c2ccccc12)NC(=O)[C@H](CO)NC(=O)[C@H](CC(C)C)NC(=O)[C@H](CCCCN)NC(=O)[C@@H]1CCCN1C(=O)[C@H](Cc1ccccc1)NC(=O)[C@@H]1CCCN1C(=O)[C@H](C)NC(=O)[C@@H](N)CC(N)=O)[C@@H](C)O)C(=O)N[C@@H](CCC(N)=O)C(=O)O. The molecule has 33 heteroatoms. The van der Waals surface area contributed by atoms with Crippen molar-refractivity contribution in [3.8, 4) is 0 Å². The highest BCUT2D eigenvalue weighted by atomic mass is 16.4. The minimum atomic E-state index is -1.81. The summed E-state index contributed by atoms with van der Waals surface area (Å²) in [6, 6.07) is -1.18. The van der Waals surface area contributed by atoms with Gasteiger partial charge in [0.2, 0.25) is 76.8 Å². The normalized spacial score (nSPS) is 18.0. The van der Waals surface area contributed by atoms with E-state index in [0.29, 0.717) is 47.7 Å². The third kappa shape index (κ3) is 23.8. The molecule has 0 bridgehead atoms. The average Bonchev–Trinajstić information content (AvgIpc) is 1.57. The number of amides is 13. The van der Waals surface area contributed by atoms with E-state index < -0.39 is 180 Å². The van der Waals surface area contributed by atoms with E-state index in [0.717, 1.165) is 0 Å². The summed E-state index contributed by atoms with van der Waals surface area (Å²) in [6.07, 6.45) is 0.529. The first-order valence-corrected chi connectivity index (χ1v) is 33.9. The third-order valence-corrected chi connectivity index (χ3v) is 17.7. The van der Waals surface area contributed by atoms with E-state index in [1.165, 1.54) is 23.6 Å².